The molecule has 1 atom stereocenters. The molecule has 0 aliphatic heterocycles. The Bertz CT molecular complexity index is 320. The van der Waals surface area contributed by atoms with Crippen molar-refractivity contribution in [3.05, 3.63) is 23.9 Å². The molecule has 2 nitrogen and oxygen atoms in total. The first-order chi connectivity index (χ1) is 7.74. The van der Waals surface area contributed by atoms with Gasteiger partial charge in [-0.25, -0.2) is 4.98 Å². The first kappa shape index (κ1) is 13.8. The van der Waals surface area contributed by atoms with Gasteiger partial charge in [0.15, 0.2) is 0 Å². The average Bonchev–Trinajstić information content (AvgIpc) is 2.35. The van der Waals surface area contributed by atoms with Crippen LogP contribution in [0.25, 0.3) is 0 Å². The van der Waals surface area contributed by atoms with Crippen molar-refractivity contribution in [1.29, 1.82) is 0 Å². The summed E-state index contributed by atoms with van der Waals surface area (Å²) in [6.45, 7) is 2.23. The van der Waals surface area contributed by atoms with Crippen LogP contribution >= 0.6 is 27.7 Å². The van der Waals surface area contributed by atoms with Gasteiger partial charge in [0.05, 0.1) is 0 Å². The van der Waals surface area contributed by atoms with Crippen molar-refractivity contribution in [3.8, 4) is 0 Å². The maximum Gasteiger partial charge on any atom is 0.132 e. The molecule has 0 aliphatic rings. The molecular formula is C12H19BrN2S. The van der Waals surface area contributed by atoms with Crippen molar-refractivity contribution < 1.29 is 0 Å². The molecule has 0 fully saturated rings. The Labute approximate surface area is 111 Å². The smallest absolute Gasteiger partial charge is 0.132 e. The van der Waals surface area contributed by atoms with E-state index < -0.39 is 0 Å². The van der Waals surface area contributed by atoms with Gasteiger partial charge in [-0.15, -0.1) is 0 Å². The third-order valence-corrected chi connectivity index (χ3v) is 4.05. The molecule has 1 rings (SSSR count). The molecule has 0 saturated heterocycles. The van der Waals surface area contributed by atoms with Crippen molar-refractivity contribution in [2.45, 2.75) is 24.7 Å². The maximum absolute atomic E-state index is 4.49. The number of thioether (sulfide) groups is 1. The lowest BCUT2D eigenvalue weighted by Gasteiger charge is -2.29. The Hall–Kier alpha value is -0.220. The van der Waals surface area contributed by atoms with E-state index in [1.54, 1.807) is 0 Å². The minimum atomic E-state index is 0.558. The number of anilines is 1. The summed E-state index contributed by atoms with van der Waals surface area (Å²) in [5.74, 6) is 2.24. The molecule has 1 aromatic heterocycles. The minimum Gasteiger partial charge on any atom is -0.356 e. The average molecular weight is 303 g/mol. The van der Waals surface area contributed by atoms with E-state index in [4.69, 9.17) is 0 Å². The third kappa shape index (κ3) is 3.39. The van der Waals surface area contributed by atoms with E-state index in [9.17, 15) is 0 Å². The third-order valence-electron chi connectivity index (χ3n) is 2.72. The number of rotatable bonds is 6. The second-order valence-electron chi connectivity index (χ2n) is 3.75. The van der Waals surface area contributed by atoms with Gasteiger partial charge in [0.2, 0.25) is 0 Å². The van der Waals surface area contributed by atoms with Crippen LogP contribution < -0.4 is 4.90 Å². The van der Waals surface area contributed by atoms with E-state index in [0.717, 1.165) is 23.3 Å². The number of hydrogen-bond donors (Lipinski definition) is 0. The highest BCUT2D eigenvalue weighted by Gasteiger charge is 2.16. The van der Waals surface area contributed by atoms with Gasteiger partial charge in [-0.3, -0.25) is 0 Å². The molecule has 0 amide bonds. The van der Waals surface area contributed by atoms with E-state index in [2.05, 4.69) is 52.1 Å². The summed E-state index contributed by atoms with van der Waals surface area (Å²) in [6, 6.07) is 4.67. The number of halogens is 1. The summed E-state index contributed by atoms with van der Waals surface area (Å²) >= 11 is 5.40. The normalized spacial score (nSPS) is 12.5. The summed E-state index contributed by atoms with van der Waals surface area (Å²) in [6.07, 6.45) is 5.17. The number of pyridine rings is 1. The first-order valence-corrected chi connectivity index (χ1v) is 7.97. The van der Waals surface area contributed by atoms with E-state index in [1.807, 2.05) is 24.0 Å². The SMILES string of the molecule is CCC(CSC)N(C)c1ncccc1CBr. The van der Waals surface area contributed by atoms with Crippen molar-refractivity contribution in [3.63, 3.8) is 0 Å². The Morgan fingerprint density at radius 3 is 2.88 bits per heavy atom. The van der Waals surface area contributed by atoms with Crippen LogP contribution in [0, 0.1) is 0 Å². The minimum absolute atomic E-state index is 0.558. The Morgan fingerprint density at radius 2 is 2.31 bits per heavy atom. The molecule has 4 heteroatoms. The Morgan fingerprint density at radius 1 is 1.56 bits per heavy atom. The summed E-state index contributed by atoms with van der Waals surface area (Å²) < 4.78 is 0. The second kappa shape index (κ2) is 7.17. The van der Waals surface area contributed by atoms with Crippen LogP contribution in [0.1, 0.15) is 18.9 Å². The molecule has 1 heterocycles. The zero-order valence-corrected chi connectivity index (χ0v) is 12.5. The molecule has 0 radical (unpaired) electrons. The maximum atomic E-state index is 4.49. The predicted molar refractivity (Wildman–Crippen MR) is 77.7 cm³/mol. The van der Waals surface area contributed by atoms with Crippen molar-refractivity contribution in [1.82, 2.24) is 4.98 Å². The van der Waals surface area contributed by atoms with E-state index in [1.165, 1.54) is 5.56 Å². The molecule has 0 bridgehead atoms. The van der Waals surface area contributed by atoms with E-state index in [0.29, 0.717) is 6.04 Å². The summed E-state index contributed by atoms with van der Waals surface area (Å²) in [4.78, 5) is 6.79. The molecule has 90 valence electrons. The van der Waals surface area contributed by atoms with Gasteiger partial charge in [-0.1, -0.05) is 28.9 Å². The van der Waals surface area contributed by atoms with Gasteiger partial charge in [-0.05, 0) is 18.7 Å². The fourth-order valence-corrected chi connectivity index (χ4v) is 3.00. The molecule has 0 saturated carbocycles. The van der Waals surface area contributed by atoms with Gasteiger partial charge >= 0.3 is 0 Å². The Kier molecular flexibility index (Phi) is 6.21. The highest BCUT2D eigenvalue weighted by atomic mass is 79.9. The molecule has 0 aromatic carbocycles. The Balaban J connectivity index is 2.88. The largest absolute Gasteiger partial charge is 0.356 e. The molecule has 1 aromatic rings. The topological polar surface area (TPSA) is 16.1 Å². The molecule has 0 N–H and O–H groups in total. The van der Waals surface area contributed by atoms with Gasteiger partial charge in [0.1, 0.15) is 5.82 Å². The van der Waals surface area contributed by atoms with Crippen LogP contribution in [-0.2, 0) is 5.33 Å². The lowest BCUT2D eigenvalue weighted by Crippen LogP contribution is -2.34. The molecule has 16 heavy (non-hydrogen) atoms. The highest BCUT2D eigenvalue weighted by Crippen LogP contribution is 2.22. The zero-order valence-electron chi connectivity index (χ0n) is 10.1. The fourth-order valence-electron chi connectivity index (χ4n) is 1.72. The van der Waals surface area contributed by atoms with Crippen molar-refractivity contribution >= 4 is 33.5 Å². The number of nitrogens with zero attached hydrogens (tertiary/aromatic N) is 2. The fraction of sp³-hybridized carbons (Fsp3) is 0.583. The van der Waals surface area contributed by atoms with Crippen LogP contribution in [0.4, 0.5) is 5.82 Å². The molecule has 1 unspecified atom stereocenters. The van der Waals surface area contributed by atoms with Crippen LogP contribution in [0.5, 0.6) is 0 Å². The standard InChI is InChI=1S/C12H19BrN2S/c1-4-11(9-16-3)15(2)12-10(8-13)6-5-7-14-12/h5-7,11H,4,8-9H2,1-3H3. The van der Waals surface area contributed by atoms with Gasteiger partial charge in [0, 0.05) is 35.9 Å². The van der Waals surface area contributed by atoms with Crippen LogP contribution in [-0.4, -0.2) is 30.1 Å². The highest BCUT2D eigenvalue weighted by molar-refractivity contribution is 9.08. The summed E-state index contributed by atoms with van der Waals surface area (Å²) in [5.41, 5.74) is 1.25. The molecular weight excluding hydrogens is 284 g/mol. The number of aromatic nitrogens is 1. The first-order valence-electron chi connectivity index (χ1n) is 5.46. The molecule has 0 spiro atoms. The van der Waals surface area contributed by atoms with Crippen LogP contribution in [0.15, 0.2) is 18.3 Å². The monoisotopic (exact) mass is 302 g/mol. The summed E-state index contributed by atoms with van der Waals surface area (Å²) in [5, 5.41) is 0.857. The van der Waals surface area contributed by atoms with Crippen LogP contribution in [0.2, 0.25) is 0 Å². The van der Waals surface area contributed by atoms with Crippen molar-refractivity contribution in [2.75, 3.05) is 24.0 Å². The van der Waals surface area contributed by atoms with Gasteiger partial charge in [0.25, 0.3) is 0 Å². The second-order valence-corrected chi connectivity index (χ2v) is 5.22. The number of hydrogen-bond acceptors (Lipinski definition) is 3. The van der Waals surface area contributed by atoms with Gasteiger partial charge < -0.3 is 4.90 Å². The predicted octanol–water partition coefficient (Wildman–Crippen LogP) is 3.55. The zero-order chi connectivity index (χ0) is 12.0. The summed E-state index contributed by atoms with van der Waals surface area (Å²) in [7, 11) is 2.14. The van der Waals surface area contributed by atoms with Crippen LogP contribution in [0.3, 0.4) is 0 Å². The quantitative estimate of drug-likeness (QED) is 0.748. The van der Waals surface area contributed by atoms with Gasteiger partial charge in [-0.2, -0.15) is 11.8 Å². The van der Waals surface area contributed by atoms with E-state index in [-0.39, 0.29) is 0 Å². The van der Waals surface area contributed by atoms with E-state index >= 15 is 0 Å². The lowest BCUT2D eigenvalue weighted by atomic mass is 10.2. The lowest BCUT2D eigenvalue weighted by molar-refractivity contribution is 0.664. The molecule has 0 aliphatic carbocycles. The number of alkyl halides is 1. The van der Waals surface area contributed by atoms with Crippen molar-refractivity contribution in [2.24, 2.45) is 0 Å².